The average Bonchev–Trinajstić information content (AvgIpc) is 3.19. The van der Waals surface area contributed by atoms with E-state index in [1.807, 2.05) is 36.4 Å². The number of benzene rings is 2. The topological polar surface area (TPSA) is 79.5 Å². The summed E-state index contributed by atoms with van der Waals surface area (Å²) in [6, 6.07) is 16.4. The van der Waals surface area contributed by atoms with Crippen molar-refractivity contribution in [1.82, 2.24) is 15.0 Å². The standard InChI is InChI=1S/C25H29N3O3/c1-25(2,3)13-12-17-4-10-20(11-5-17)23-26-22(27-31-23)19-8-6-18(7-9-19)14-28-15-21(16-28)24(29)30/h4-11,21H,12-16H2,1-3H3,(H,29,30). The van der Waals surface area contributed by atoms with E-state index in [0.717, 1.165) is 36.1 Å². The number of aryl methyl sites for hydroxylation is 1. The minimum Gasteiger partial charge on any atom is -0.481 e. The van der Waals surface area contributed by atoms with Crippen LogP contribution in [0.2, 0.25) is 0 Å². The molecule has 1 aliphatic rings. The third-order valence-electron chi connectivity index (χ3n) is 5.72. The highest BCUT2D eigenvalue weighted by molar-refractivity contribution is 5.71. The van der Waals surface area contributed by atoms with Crippen molar-refractivity contribution in [3.8, 4) is 22.8 Å². The van der Waals surface area contributed by atoms with Gasteiger partial charge >= 0.3 is 5.97 Å². The van der Waals surface area contributed by atoms with Crippen LogP contribution in [0.3, 0.4) is 0 Å². The number of aliphatic carboxylic acids is 1. The summed E-state index contributed by atoms with van der Waals surface area (Å²) in [5.41, 5.74) is 4.59. The molecule has 6 heteroatoms. The molecule has 0 spiro atoms. The predicted molar refractivity (Wildman–Crippen MR) is 119 cm³/mol. The van der Waals surface area contributed by atoms with Crippen LogP contribution in [0.5, 0.6) is 0 Å². The Bertz CT molecular complexity index is 1030. The summed E-state index contributed by atoms with van der Waals surface area (Å²) in [6.07, 6.45) is 2.20. The highest BCUT2D eigenvalue weighted by Crippen LogP contribution is 2.26. The second kappa shape index (κ2) is 8.63. The van der Waals surface area contributed by atoms with Crippen molar-refractivity contribution in [2.45, 2.75) is 40.2 Å². The number of nitrogens with zero attached hydrogens (tertiary/aromatic N) is 3. The van der Waals surface area contributed by atoms with Gasteiger partial charge in [-0.15, -0.1) is 0 Å². The zero-order valence-corrected chi connectivity index (χ0v) is 18.3. The van der Waals surface area contributed by atoms with E-state index in [4.69, 9.17) is 9.63 Å². The number of hydrogen-bond donors (Lipinski definition) is 1. The summed E-state index contributed by atoms with van der Waals surface area (Å²) in [4.78, 5) is 17.6. The van der Waals surface area contributed by atoms with Crippen molar-refractivity contribution < 1.29 is 14.4 Å². The van der Waals surface area contributed by atoms with Gasteiger partial charge in [0.25, 0.3) is 5.89 Å². The highest BCUT2D eigenvalue weighted by Gasteiger charge is 2.32. The van der Waals surface area contributed by atoms with Crippen molar-refractivity contribution in [1.29, 1.82) is 0 Å². The smallest absolute Gasteiger partial charge is 0.309 e. The zero-order chi connectivity index (χ0) is 22.0. The molecule has 162 valence electrons. The second-order valence-electron chi connectivity index (χ2n) is 9.61. The number of likely N-dealkylation sites (tertiary alicyclic amines) is 1. The summed E-state index contributed by atoms with van der Waals surface area (Å²) in [5.74, 6) is 0.138. The predicted octanol–water partition coefficient (Wildman–Crippen LogP) is 4.90. The first-order chi connectivity index (χ1) is 14.8. The molecule has 0 unspecified atom stereocenters. The quantitative estimate of drug-likeness (QED) is 0.587. The summed E-state index contributed by atoms with van der Waals surface area (Å²) >= 11 is 0. The lowest BCUT2D eigenvalue weighted by Crippen LogP contribution is -2.49. The Morgan fingerprint density at radius 1 is 1.03 bits per heavy atom. The molecule has 1 N–H and O–H groups in total. The van der Waals surface area contributed by atoms with Gasteiger partial charge < -0.3 is 9.63 Å². The number of carbonyl (C=O) groups is 1. The van der Waals surface area contributed by atoms with Crippen LogP contribution in [0.4, 0.5) is 0 Å². The molecule has 31 heavy (non-hydrogen) atoms. The van der Waals surface area contributed by atoms with Crippen LogP contribution in [0.25, 0.3) is 22.8 Å². The van der Waals surface area contributed by atoms with Gasteiger partial charge in [0.05, 0.1) is 5.92 Å². The molecular formula is C25H29N3O3. The largest absolute Gasteiger partial charge is 0.481 e. The van der Waals surface area contributed by atoms with Gasteiger partial charge in [0.15, 0.2) is 0 Å². The Balaban J connectivity index is 1.37. The molecular weight excluding hydrogens is 390 g/mol. The molecule has 1 fully saturated rings. The summed E-state index contributed by atoms with van der Waals surface area (Å²) in [5, 5.41) is 13.1. The van der Waals surface area contributed by atoms with Gasteiger partial charge in [0.1, 0.15) is 0 Å². The van der Waals surface area contributed by atoms with Crippen molar-refractivity contribution in [2.75, 3.05) is 13.1 Å². The van der Waals surface area contributed by atoms with Crippen molar-refractivity contribution >= 4 is 5.97 Å². The van der Waals surface area contributed by atoms with Crippen LogP contribution in [0.15, 0.2) is 53.1 Å². The van der Waals surface area contributed by atoms with Crippen LogP contribution in [-0.2, 0) is 17.8 Å². The lowest BCUT2D eigenvalue weighted by molar-refractivity contribution is -0.147. The first-order valence-electron chi connectivity index (χ1n) is 10.7. The molecule has 2 aromatic carbocycles. The molecule has 4 rings (SSSR count). The molecule has 0 aliphatic carbocycles. The Morgan fingerprint density at radius 3 is 2.26 bits per heavy atom. The van der Waals surface area contributed by atoms with Crippen molar-refractivity contribution in [3.63, 3.8) is 0 Å². The van der Waals surface area contributed by atoms with Crippen LogP contribution in [0, 0.1) is 11.3 Å². The van der Waals surface area contributed by atoms with E-state index < -0.39 is 5.97 Å². The number of carboxylic acids is 1. The van der Waals surface area contributed by atoms with Crippen LogP contribution in [-0.4, -0.2) is 39.2 Å². The number of aromatic nitrogens is 2. The van der Waals surface area contributed by atoms with Crippen LogP contribution in [0.1, 0.15) is 38.3 Å². The molecule has 0 saturated carbocycles. The maximum absolute atomic E-state index is 10.9. The minimum absolute atomic E-state index is 0.232. The SMILES string of the molecule is CC(C)(C)CCc1ccc(-c2nc(-c3ccc(CN4CC(C(=O)O)C4)cc3)no2)cc1. The maximum atomic E-state index is 10.9. The van der Waals surface area contributed by atoms with Gasteiger partial charge in [-0.1, -0.05) is 62.3 Å². The minimum atomic E-state index is -0.709. The summed E-state index contributed by atoms with van der Waals surface area (Å²) in [7, 11) is 0. The van der Waals surface area contributed by atoms with Crippen molar-refractivity contribution in [2.24, 2.45) is 11.3 Å². The normalized spacial score (nSPS) is 15.1. The molecule has 6 nitrogen and oxygen atoms in total. The average molecular weight is 420 g/mol. The lowest BCUT2D eigenvalue weighted by atomic mass is 9.88. The number of hydrogen-bond acceptors (Lipinski definition) is 5. The van der Waals surface area contributed by atoms with Gasteiger partial charge in [-0.2, -0.15) is 4.98 Å². The van der Waals surface area contributed by atoms with E-state index in [1.54, 1.807) is 0 Å². The molecule has 0 amide bonds. The Labute approximate surface area is 182 Å². The monoisotopic (exact) mass is 419 g/mol. The van der Waals surface area contributed by atoms with E-state index in [0.29, 0.717) is 30.2 Å². The summed E-state index contributed by atoms with van der Waals surface area (Å²) < 4.78 is 5.49. The van der Waals surface area contributed by atoms with E-state index in [2.05, 4.69) is 47.9 Å². The van der Waals surface area contributed by atoms with Gasteiger partial charge in [0.2, 0.25) is 5.82 Å². The second-order valence-corrected chi connectivity index (χ2v) is 9.61. The highest BCUT2D eigenvalue weighted by atomic mass is 16.5. The van der Waals surface area contributed by atoms with Gasteiger partial charge in [-0.3, -0.25) is 9.69 Å². The lowest BCUT2D eigenvalue weighted by Gasteiger charge is -2.36. The fourth-order valence-electron chi connectivity index (χ4n) is 3.66. The zero-order valence-electron chi connectivity index (χ0n) is 18.3. The van der Waals surface area contributed by atoms with E-state index in [1.165, 1.54) is 5.56 Å². The Morgan fingerprint density at radius 2 is 1.65 bits per heavy atom. The first-order valence-corrected chi connectivity index (χ1v) is 10.7. The number of rotatable bonds is 7. The van der Waals surface area contributed by atoms with Crippen LogP contribution >= 0.6 is 0 Å². The molecule has 2 heterocycles. The van der Waals surface area contributed by atoms with E-state index in [9.17, 15) is 4.79 Å². The fraction of sp³-hybridized carbons (Fsp3) is 0.400. The molecule has 0 atom stereocenters. The first kappa shape index (κ1) is 21.2. The third kappa shape index (κ3) is 5.39. The van der Waals surface area contributed by atoms with Gasteiger partial charge in [-0.25, -0.2) is 0 Å². The van der Waals surface area contributed by atoms with Crippen LogP contribution < -0.4 is 0 Å². The van der Waals surface area contributed by atoms with Crippen molar-refractivity contribution in [3.05, 3.63) is 59.7 Å². The molecule has 3 aromatic rings. The summed E-state index contributed by atoms with van der Waals surface area (Å²) in [6.45, 7) is 8.75. The molecule has 0 radical (unpaired) electrons. The fourth-order valence-corrected chi connectivity index (χ4v) is 3.66. The third-order valence-corrected chi connectivity index (χ3v) is 5.72. The van der Waals surface area contributed by atoms with E-state index >= 15 is 0 Å². The van der Waals surface area contributed by atoms with Gasteiger partial charge in [-0.05, 0) is 41.5 Å². The Hall–Kier alpha value is -2.99. The van der Waals surface area contributed by atoms with Gasteiger partial charge in [0, 0.05) is 30.8 Å². The molecule has 1 aliphatic heterocycles. The maximum Gasteiger partial charge on any atom is 0.309 e. The molecule has 1 saturated heterocycles. The molecule has 0 bridgehead atoms. The Kier molecular flexibility index (Phi) is 5.92. The number of carboxylic acid groups (broad SMARTS) is 1. The molecule has 1 aromatic heterocycles. The van der Waals surface area contributed by atoms with E-state index in [-0.39, 0.29) is 5.92 Å².